The van der Waals surface area contributed by atoms with Crippen LogP contribution < -0.4 is 5.56 Å². The van der Waals surface area contributed by atoms with E-state index in [4.69, 9.17) is 0 Å². The van der Waals surface area contributed by atoms with Gasteiger partial charge in [-0.2, -0.15) is 0 Å². The smallest absolute Gasteiger partial charge is 0.260 e. The summed E-state index contributed by atoms with van der Waals surface area (Å²) in [5.41, 5.74) is 1.45. The maximum absolute atomic E-state index is 12.3. The quantitative estimate of drug-likeness (QED) is 0.596. The molecule has 21 heavy (non-hydrogen) atoms. The molecule has 0 aromatic carbocycles. The average molecular weight is 296 g/mol. The van der Waals surface area contributed by atoms with Crippen LogP contribution in [0.25, 0.3) is 16.3 Å². The fourth-order valence-corrected chi connectivity index (χ4v) is 3.04. The molecule has 0 spiro atoms. The zero-order valence-corrected chi connectivity index (χ0v) is 12.1. The van der Waals surface area contributed by atoms with Gasteiger partial charge in [-0.1, -0.05) is 6.08 Å². The predicted molar refractivity (Wildman–Crippen MR) is 84.8 cm³/mol. The number of aromatic amines is 1. The molecule has 104 valence electrons. The van der Waals surface area contributed by atoms with Crippen LogP contribution in [-0.2, 0) is 0 Å². The van der Waals surface area contributed by atoms with E-state index in [1.54, 1.807) is 37.5 Å². The second-order valence-corrected chi connectivity index (χ2v) is 5.51. The van der Waals surface area contributed by atoms with Crippen molar-refractivity contribution in [2.24, 2.45) is 0 Å². The molecule has 0 fully saturated rings. The van der Waals surface area contributed by atoms with Gasteiger partial charge in [-0.25, -0.2) is 0 Å². The lowest BCUT2D eigenvalue weighted by atomic mass is 10.0. The maximum Gasteiger partial charge on any atom is 0.260 e. The van der Waals surface area contributed by atoms with E-state index in [1.165, 1.54) is 17.4 Å². The molecule has 0 saturated carbocycles. The Morgan fingerprint density at radius 1 is 1.29 bits per heavy atom. The monoisotopic (exact) mass is 296 g/mol. The fourth-order valence-electron chi connectivity index (χ4n) is 2.20. The first-order valence-electron chi connectivity index (χ1n) is 6.39. The van der Waals surface area contributed by atoms with Crippen LogP contribution in [0.5, 0.6) is 0 Å². The number of pyridine rings is 2. The second kappa shape index (κ2) is 5.46. The van der Waals surface area contributed by atoms with E-state index >= 15 is 0 Å². The van der Waals surface area contributed by atoms with E-state index in [1.807, 2.05) is 11.4 Å². The molecule has 0 unspecified atom stereocenters. The van der Waals surface area contributed by atoms with Crippen LogP contribution in [0.2, 0.25) is 0 Å². The molecule has 3 heterocycles. The van der Waals surface area contributed by atoms with Gasteiger partial charge in [0.15, 0.2) is 5.78 Å². The number of fused-ring (bicyclic) bond motifs is 1. The first-order chi connectivity index (χ1) is 10.2. The number of hydrogen-bond donors (Lipinski definition) is 1. The average Bonchev–Trinajstić information content (AvgIpc) is 2.94. The van der Waals surface area contributed by atoms with Gasteiger partial charge in [0, 0.05) is 17.8 Å². The molecule has 0 amide bonds. The van der Waals surface area contributed by atoms with Crippen molar-refractivity contribution in [3.63, 3.8) is 0 Å². The number of nitrogens with zero attached hydrogens (tertiary/aromatic N) is 1. The van der Waals surface area contributed by atoms with E-state index in [2.05, 4.69) is 9.97 Å². The molecule has 4 nitrogen and oxygen atoms in total. The Kier molecular flexibility index (Phi) is 3.50. The Labute approximate surface area is 124 Å². The van der Waals surface area contributed by atoms with Crippen molar-refractivity contribution in [3.8, 4) is 0 Å². The molecule has 0 bridgehead atoms. The Bertz CT molecular complexity index is 892. The van der Waals surface area contributed by atoms with E-state index in [9.17, 15) is 9.59 Å². The summed E-state index contributed by atoms with van der Waals surface area (Å²) in [5, 5.41) is 2.81. The summed E-state index contributed by atoms with van der Waals surface area (Å²) in [6, 6.07) is 5.50. The number of hydrogen-bond acceptors (Lipinski definition) is 4. The number of nitrogens with one attached hydrogen (secondary N) is 1. The Morgan fingerprint density at radius 3 is 2.81 bits per heavy atom. The summed E-state index contributed by atoms with van der Waals surface area (Å²) < 4.78 is 0. The van der Waals surface area contributed by atoms with Crippen molar-refractivity contribution >= 4 is 33.4 Å². The highest BCUT2D eigenvalue weighted by Crippen LogP contribution is 2.22. The fraction of sp³-hybridized carbons (Fsp3) is 0.0625. The third kappa shape index (κ3) is 2.55. The Morgan fingerprint density at radius 2 is 2.05 bits per heavy atom. The lowest BCUT2D eigenvalue weighted by Crippen LogP contribution is -2.18. The summed E-state index contributed by atoms with van der Waals surface area (Å²) in [6.07, 6.45) is 6.41. The number of carbonyl (C=O) groups is 1. The molecule has 3 aromatic rings. The Balaban J connectivity index is 2.02. The van der Waals surface area contributed by atoms with E-state index in [0.717, 1.165) is 21.3 Å². The van der Waals surface area contributed by atoms with Gasteiger partial charge < -0.3 is 4.98 Å². The summed E-state index contributed by atoms with van der Waals surface area (Å²) in [6.45, 7) is 1.80. The zero-order chi connectivity index (χ0) is 14.8. The second-order valence-electron chi connectivity index (χ2n) is 4.60. The number of aromatic nitrogens is 2. The molecule has 0 aliphatic heterocycles. The maximum atomic E-state index is 12.3. The van der Waals surface area contributed by atoms with Crippen LogP contribution in [0.15, 0.2) is 46.8 Å². The lowest BCUT2D eigenvalue weighted by Gasteiger charge is -2.02. The van der Waals surface area contributed by atoms with Crippen molar-refractivity contribution in [2.45, 2.75) is 6.92 Å². The summed E-state index contributed by atoms with van der Waals surface area (Å²) >= 11 is 1.45. The molecule has 0 aliphatic rings. The van der Waals surface area contributed by atoms with Gasteiger partial charge in [-0.05, 0) is 47.7 Å². The van der Waals surface area contributed by atoms with E-state index in [0.29, 0.717) is 0 Å². The number of thiophene rings is 1. The number of carbonyl (C=O) groups excluding carboxylic acids is 1. The highest BCUT2D eigenvalue weighted by molar-refractivity contribution is 7.16. The Hall–Kier alpha value is -2.53. The topological polar surface area (TPSA) is 62.8 Å². The summed E-state index contributed by atoms with van der Waals surface area (Å²) in [7, 11) is 0. The van der Waals surface area contributed by atoms with Gasteiger partial charge in [0.1, 0.15) is 4.83 Å². The minimum Gasteiger partial charge on any atom is -0.313 e. The number of ketones is 1. The van der Waals surface area contributed by atoms with E-state index < -0.39 is 0 Å². The van der Waals surface area contributed by atoms with E-state index in [-0.39, 0.29) is 16.9 Å². The minimum absolute atomic E-state index is 0.200. The number of aryl methyl sites for hydroxylation is 1. The molecule has 5 heteroatoms. The zero-order valence-electron chi connectivity index (χ0n) is 11.3. The number of rotatable bonds is 3. The molecule has 3 aromatic heterocycles. The molecule has 0 radical (unpaired) electrons. The van der Waals surface area contributed by atoms with Crippen LogP contribution in [0.3, 0.4) is 0 Å². The van der Waals surface area contributed by atoms with Gasteiger partial charge in [0.25, 0.3) is 5.56 Å². The van der Waals surface area contributed by atoms with Crippen LogP contribution in [0.1, 0.15) is 21.5 Å². The van der Waals surface area contributed by atoms with Crippen LogP contribution in [0, 0.1) is 6.92 Å². The van der Waals surface area contributed by atoms with Crippen LogP contribution >= 0.6 is 11.3 Å². The van der Waals surface area contributed by atoms with Crippen molar-refractivity contribution in [3.05, 3.63) is 69.1 Å². The van der Waals surface area contributed by atoms with Gasteiger partial charge in [-0.3, -0.25) is 14.6 Å². The molecule has 3 rings (SSSR count). The third-order valence-corrected chi connectivity index (χ3v) is 4.11. The van der Waals surface area contributed by atoms with Gasteiger partial charge in [0.05, 0.1) is 5.56 Å². The van der Waals surface area contributed by atoms with Gasteiger partial charge in [0.2, 0.25) is 0 Å². The first-order valence-corrected chi connectivity index (χ1v) is 7.27. The highest BCUT2D eigenvalue weighted by atomic mass is 32.1. The normalized spacial score (nSPS) is 11.3. The van der Waals surface area contributed by atoms with Crippen molar-refractivity contribution in [1.82, 2.24) is 9.97 Å². The molecule has 0 saturated heterocycles. The van der Waals surface area contributed by atoms with Crippen molar-refractivity contribution < 1.29 is 4.79 Å². The molecule has 0 atom stereocenters. The first kappa shape index (κ1) is 13.5. The lowest BCUT2D eigenvalue weighted by molar-refractivity contribution is 0.104. The minimum atomic E-state index is -0.341. The van der Waals surface area contributed by atoms with Crippen LogP contribution in [0.4, 0.5) is 0 Å². The highest BCUT2D eigenvalue weighted by Gasteiger charge is 2.14. The van der Waals surface area contributed by atoms with Gasteiger partial charge >= 0.3 is 0 Å². The molecule has 0 aliphatic carbocycles. The predicted octanol–water partition coefficient (Wildman–Crippen LogP) is 3.19. The number of allylic oxidation sites excluding steroid dienone is 1. The van der Waals surface area contributed by atoms with Crippen molar-refractivity contribution in [1.29, 1.82) is 0 Å². The molecular formula is C16H12N2O2S. The van der Waals surface area contributed by atoms with Crippen molar-refractivity contribution in [2.75, 3.05) is 0 Å². The number of H-pyrrole nitrogens is 1. The third-order valence-electron chi connectivity index (χ3n) is 3.28. The summed E-state index contributed by atoms with van der Waals surface area (Å²) in [4.78, 5) is 31.9. The molecule has 1 N–H and O–H groups in total. The largest absolute Gasteiger partial charge is 0.313 e. The SMILES string of the molecule is Cc1c(C(=O)/C=C/c2ccncc2)c(=O)[nH]c2sccc12. The molecular weight excluding hydrogens is 284 g/mol. The standard InChI is InChI=1S/C16H12N2O2S/c1-10-12-6-9-21-16(12)18-15(20)14(10)13(19)3-2-11-4-7-17-8-5-11/h2-9H,1H3,(H,18,20)/b3-2+. The van der Waals surface area contributed by atoms with Crippen LogP contribution in [-0.4, -0.2) is 15.8 Å². The van der Waals surface area contributed by atoms with Gasteiger partial charge in [-0.15, -0.1) is 11.3 Å². The summed E-state index contributed by atoms with van der Waals surface area (Å²) in [5.74, 6) is -0.293.